The van der Waals surface area contributed by atoms with E-state index in [1.807, 2.05) is 52.9 Å². The fourth-order valence-corrected chi connectivity index (χ4v) is 3.14. The van der Waals surface area contributed by atoms with E-state index in [2.05, 4.69) is 15.2 Å². The number of rotatable bonds is 3. The number of nitrogens with zero attached hydrogens (tertiary/aromatic N) is 4. The fraction of sp³-hybridized carbons (Fsp3) is 0.118. The normalized spacial score (nSPS) is 11.4. The molecule has 2 aromatic carbocycles. The van der Waals surface area contributed by atoms with Crippen LogP contribution in [0.4, 0.5) is 0 Å². The third kappa shape index (κ3) is 2.44. The molecular formula is C17H12Cl2N4. The van der Waals surface area contributed by atoms with Crippen LogP contribution < -0.4 is 0 Å². The predicted octanol–water partition coefficient (Wildman–Crippen LogP) is 4.26. The van der Waals surface area contributed by atoms with E-state index in [4.69, 9.17) is 23.2 Å². The number of hydrogen-bond donors (Lipinski definition) is 0. The first-order valence-electron chi connectivity index (χ1n) is 7.19. The third-order valence-corrected chi connectivity index (χ3v) is 4.45. The van der Waals surface area contributed by atoms with Gasteiger partial charge in [-0.05, 0) is 17.7 Å². The SMILES string of the molecule is ClCc1nnc2nc(Cc3ccccc3Cl)c3ccccc3n12. The van der Waals surface area contributed by atoms with Crippen molar-refractivity contribution in [1.29, 1.82) is 0 Å². The molecule has 4 nitrogen and oxygen atoms in total. The van der Waals surface area contributed by atoms with Crippen LogP contribution in [-0.2, 0) is 12.3 Å². The van der Waals surface area contributed by atoms with Crippen molar-refractivity contribution in [2.45, 2.75) is 12.3 Å². The van der Waals surface area contributed by atoms with Gasteiger partial charge in [-0.2, -0.15) is 0 Å². The van der Waals surface area contributed by atoms with Gasteiger partial charge in [-0.3, -0.25) is 4.40 Å². The van der Waals surface area contributed by atoms with Crippen LogP contribution in [-0.4, -0.2) is 19.6 Å². The lowest BCUT2D eigenvalue weighted by molar-refractivity contribution is 1.00. The Balaban J connectivity index is 1.97. The molecule has 0 aliphatic heterocycles. The summed E-state index contributed by atoms with van der Waals surface area (Å²) in [5, 5.41) is 10.1. The second-order valence-corrected chi connectivity index (χ2v) is 5.90. The van der Waals surface area contributed by atoms with E-state index in [1.54, 1.807) is 0 Å². The van der Waals surface area contributed by atoms with Gasteiger partial charge in [0.2, 0.25) is 0 Å². The first kappa shape index (κ1) is 14.4. The number of hydrogen-bond acceptors (Lipinski definition) is 3. The van der Waals surface area contributed by atoms with E-state index >= 15 is 0 Å². The van der Waals surface area contributed by atoms with Crippen LogP contribution in [0.3, 0.4) is 0 Å². The van der Waals surface area contributed by atoms with Crippen LogP contribution in [0.2, 0.25) is 5.02 Å². The van der Waals surface area contributed by atoms with Crippen molar-refractivity contribution in [1.82, 2.24) is 19.6 Å². The lowest BCUT2D eigenvalue weighted by Gasteiger charge is -2.09. The van der Waals surface area contributed by atoms with Crippen LogP contribution >= 0.6 is 23.2 Å². The summed E-state index contributed by atoms with van der Waals surface area (Å²) >= 11 is 12.3. The molecule has 2 aromatic heterocycles. The van der Waals surface area contributed by atoms with Crippen molar-refractivity contribution in [3.05, 3.63) is 70.6 Å². The summed E-state index contributed by atoms with van der Waals surface area (Å²) in [4.78, 5) is 4.68. The van der Waals surface area contributed by atoms with Gasteiger partial charge in [0.1, 0.15) is 0 Å². The van der Waals surface area contributed by atoms with Gasteiger partial charge in [-0.25, -0.2) is 4.98 Å². The van der Waals surface area contributed by atoms with Crippen LogP contribution in [0.15, 0.2) is 48.5 Å². The molecule has 0 saturated carbocycles. The zero-order valence-corrected chi connectivity index (χ0v) is 13.6. The van der Waals surface area contributed by atoms with Crippen LogP contribution in [0.25, 0.3) is 16.7 Å². The fourth-order valence-electron chi connectivity index (χ4n) is 2.76. The molecule has 4 rings (SSSR count). The summed E-state index contributed by atoms with van der Waals surface area (Å²) in [7, 11) is 0. The summed E-state index contributed by atoms with van der Waals surface area (Å²) in [6, 6.07) is 15.9. The van der Waals surface area contributed by atoms with E-state index < -0.39 is 0 Å². The number of benzene rings is 2. The quantitative estimate of drug-likeness (QED) is 0.522. The zero-order valence-electron chi connectivity index (χ0n) is 12.1. The Labute approximate surface area is 142 Å². The molecule has 2 heterocycles. The average Bonchev–Trinajstić information content (AvgIpc) is 3.00. The van der Waals surface area contributed by atoms with Gasteiger partial charge in [0.25, 0.3) is 5.78 Å². The average molecular weight is 343 g/mol. The Kier molecular flexibility index (Phi) is 3.63. The van der Waals surface area contributed by atoms with Crippen LogP contribution in [0, 0.1) is 0 Å². The maximum absolute atomic E-state index is 6.29. The largest absolute Gasteiger partial charge is 0.262 e. The molecular weight excluding hydrogens is 331 g/mol. The standard InChI is InChI=1S/C17H12Cl2N4/c18-10-16-21-22-17-20-14(9-11-5-1-3-7-13(11)19)12-6-2-4-8-15(12)23(16)17/h1-8H,9-10H2. The predicted molar refractivity (Wildman–Crippen MR) is 92.1 cm³/mol. The van der Waals surface area contributed by atoms with Gasteiger partial charge in [0.05, 0.1) is 17.1 Å². The minimum Gasteiger partial charge on any atom is -0.262 e. The van der Waals surface area contributed by atoms with Gasteiger partial charge >= 0.3 is 0 Å². The first-order chi connectivity index (χ1) is 11.3. The van der Waals surface area contributed by atoms with Gasteiger partial charge in [-0.15, -0.1) is 21.8 Å². The smallest absolute Gasteiger partial charge is 0.255 e. The molecule has 0 fully saturated rings. The molecule has 0 amide bonds. The Morgan fingerprint density at radius 1 is 0.957 bits per heavy atom. The van der Waals surface area contributed by atoms with E-state index in [9.17, 15) is 0 Å². The molecule has 0 bridgehead atoms. The number of halogens is 2. The number of aromatic nitrogens is 4. The molecule has 0 atom stereocenters. The summed E-state index contributed by atoms with van der Waals surface area (Å²) in [5.41, 5.74) is 2.96. The molecule has 0 aliphatic carbocycles. The van der Waals surface area contributed by atoms with Crippen molar-refractivity contribution < 1.29 is 0 Å². The van der Waals surface area contributed by atoms with Gasteiger partial charge in [-0.1, -0.05) is 48.0 Å². The van der Waals surface area contributed by atoms with Gasteiger partial charge in [0.15, 0.2) is 5.82 Å². The highest BCUT2D eigenvalue weighted by Crippen LogP contribution is 2.25. The summed E-state index contributed by atoms with van der Waals surface area (Å²) in [5.74, 6) is 1.53. The molecule has 0 saturated heterocycles. The highest BCUT2D eigenvalue weighted by molar-refractivity contribution is 6.31. The van der Waals surface area contributed by atoms with E-state index in [-0.39, 0.29) is 5.88 Å². The zero-order chi connectivity index (χ0) is 15.8. The lowest BCUT2D eigenvalue weighted by Crippen LogP contribution is -2.02. The minimum absolute atomic E-state index is 0.288. The second-order valence-electron chi connectivity index (χ2n) is 5.23. The summed E-state index contributed by atoms with van der Waals surface area (Å²) in [6.07, 6.45) is 0.639. The number of alkyl halides is 1. The monoisotopic (exact) mass is 342 g/mol. The van der Waals surface area contributed by atoms with E-state index in [1.165, 1.54) is 0 Å². The molecule has 23 heavy (non-hydrogen) atoms. The van der Waals surface area contributed by atoms with Crippen molar-refractivity contribution in [3.63, 3.8) is 0 Å². The Bertz CT molecular complexity index is 1010. The van der Waals surface area contributed by atoms with Crippen molar-refractivity contribution in [2.75, 3.05) is 0 Å². The highest BCUT2D eigenvalue weighted by atomic mass is 35.5. The molecule has 4 aromatic rings. The lowest BCUT2D eigenvalue weighted by atomic mass is 10.1. The Hall–Kier alpha value is -2.17. The molecule has 6 heteroatoms. The second kappa shape index (κ2) is 5.80. The Morgan fingerprint density at radius 3 is 2.57 bits per heavy atom. The highest BCUT2D eigenvalue weighted by Gasteiger charge is 2.14. The first-order valence-corrected chi connectivity index (χ1v) is 8.10. The van der Waals surface area contributed by atoms with Gasteiger partial charge in [0, 0.05) is 16.8 Å². The third-order valence-electron chi connectivity index (χ3n) is 3.84. The molecule has 0 aliphatic rings. The van der Waals surface area contributed by atoms with Crippen molar-refractivity contribution in [2.24, 2.45) is 0 Å². The number of para-hydroxylation sites is 1. The van der Waals surface area contributed by atoms with E-state index in [0.29, 0.717) is 18.0 Å². The summed E-state index contributed by atoms with van der Waals surface area (Å²) < 4.78 is 1.90. The minimum atomic E-state index is 0.288. The van der Waals surface area contributed by atoms with Crippen molar-refractivity contribution >= 4 is 39.9 Å². The van der Waals surface area contributed by atoms with E-state index in [0.717, 1.165) is 27.2 Å². The topological polar surface area (TPSA) is 43.1 Å². The molecule has 114 valence electrons. The number of fused-ring (bicyclic) bond motifs is 3. The molecule has 0 radical (unpaired) electrons. The maximum Gasteiger partial charge on any atom is 0.255 e. The molecule has 0 unspecified atom stereocenters. The Morgan fingerprint density at radius 2 is 1.74 bits per heavy atom. The van der Waals surface area contributed by atoms with Crippen molar-refractivity contribution in [3.8, 4) is 0 Å². The molecule has 0 spiro atoms. The molecule has 0 N–H and O–H groups in total. The van der Waals surface area contributed by atoms with Crippen LogP contribution in [0.5, 0.6) is 0 Å². The van der Waals surface area contributed by atoms with Crippen LogP contribution in [0.1, 0.15) is 17.1 Å². The summed E-state index contributed by atoms with van der Waals surface area (Å²) in [6.45, 7) is 0. The maximum atomic E-state index is 6.29. The van der Waals surface area contributed by atoms with Gasteiger partial charge < -0.3 is 0 Å².